The fourth-order valence-corrected chi connectivity index (χ4v) is 5.63. The molecule has 1 aromatic carbocycles. The molecule has 3 aromatic rings. The van der Waals surface area contributed by atoms with E-state index >= 15 is 0 Å². The Hall–Kier alpha value is -2.15. The Balaban J connectivity index is 0.00000218. The van der Waals surface area contributed by atoms with Gasteiger partial charge in [-0.1, -0.05) is 36.4 Å². The van der Waals surface area contributed by atoms with Crippen LogP contribution >= 0.6 is 23.7 Å². The molecule has 5 nitrogen and oxygen atoms in total. The van der Waals surface area contributed by atoms with E-state index < -0.39 is 0 Å². The van der Waals surface area contributed by atoms with E-state index in [1.807, 2.05) is 30.6 Å². The molecule has 2 aliphatic rings. The van der Waals surface area contributed by atoms with E-state index in [2.05, 4.69) is 45.6 Å². The van der Waals surface area contributed by atoms with Crippen molar-refractivity contribution in [2.75, 3.05) is 26.2 Å². The van der Waals surface area contributed by atoms with E-state index in [0.29, 0.717) is 11.6 Å². The van der Waals surface area contributed by atoms with Crippen LogP contribution in [-0.2, 0) is 13.5 Å². The van der Waals surface area contributed by atoms with Gasteiger partial charge in [0, 0.05) is 38.6 Å². The van der Waals surface area contributed by atoms with Crippen molar-refractivity contribution in [3.8, 4) is 10.6 Å². The molecule has 0 bridgehead atoms. The normalized spacial score (nSPS) is 22.7. The van der Waals surface area contributed by atoms with Crippen LogP contribution in [0, 0.1) is 11.3 Å². The first kappa shape index (κ1) is 21.1. The second-order valence-corrected chi connectivity index (χ2v) is 9.32. The molecule has 4 heterocycles. The van der Waals surface area contributed by atoms with E-state index in [9.17, 15) is 4.79 Å². The number of amides is 1. The molecule has 7 heteroatoms. The Morgan fingerprint density at radius 1 is 1.27 bits per heavy atom. The third-order valence-corrected chi connectivity index (χ3v) is 7.49. The molecule has 0 aliphatic carbocycles. The molecule has 2 fully saturated rings. The topological polar surface area (TPSA) is 50.2 Å². The van der Waals surface area contributed by atoms with E-state index in [1.165, 1.54) is 5.56 Å². The van der Waals surface area contributed by atoms with Crippen LogP contribution in [-0.4, -0.2) is 46.8 Å². The highest BCUT2D eigenvalue weighted by molar-refractivity contribution is 7.13. The third kappa shape index (κ3) is 3.80. The van der Waals surface area contributed by atoms with Crippen LogP contribution in [0.4, 0.5) is 0 Å². The number of benzene rings is 1. The molecule has 1 amide bonds. The maximum Gasteiger partial charge on any atom is 0.272 e. The van der Waals surface area contributed by atoms with Crippen molar-refractivity contribution in [2.45, 2.75) is 12.8 Å². The molecule has 2 saturated heterocycles. The second-order valence-electron chi connectivity index (χ2n) is 8.38. The number of thiophene rings is 1. The Labute approximate surface area is 187 Å². The van der Waals surface area contributed by atoms with Crippen LogP contribution in [0.2, 0.25) is 0 Å². The highest BCUT2D eigenvalue weighted by atomic mass is 35.5. The van der Waals surface area contributed by atoms with E-state index in [0.717, 1.165) is 49.6 Å². The number of aryl methyl sites for hydroxylation is 2. The molecule has 158 valence electrons. The van der Waals surface area contributed by atoms with E-state index in [1.54, 1.807) is 16.0 Å². The van der Waals surface area contributed by atoms with Crippen molar-refractivity contribution in [1.29, 1.82) is 0 Å². The molecular weight excluding hydrogens is 416 g/mol. The predicted molar refractivity (Wildman–Crippen MR) is 123 cm³/mol. The lowest BCUT2D eigenvalue weighted by Gasteiger charge is -2.28. The zero-order chi connectivity index (χ0) is 19.8. The lowest BCUT2D eigenvalue weighted by molar-refractivity contribution is 0.0758. The number of halogens is 1. The Bertz CT molecular complexity index is 1000. The lowest BCUT2D eigenvalue weighted by atomic mass is 9.76. The number of carbonyl (C=O) groups excluding carboxylic acids is 1. The summed E-state index contributed by atoms with van der Waals surface area (Å²) >= 11 is 1.65. The summed E-state index contributed by atoms with van der Waals surface area (Å²) in [5, 5.41) is 10.2. The smallest absolute Gasteiger partial charge is 0.272 e. The predicted octanol–water partition coefficient (Wildman–Crippen LogP) is 3.86. The van der Waals surface area contributed by atoms with Crippen LogP contribution < -0.4 is 5.32 Å². The standard InChI is InChI=1S/C23H26N4OS.ClH/c1-26-20(12-19(25-26)21-8-5-11-29-21)22(28)27-14-18-13-24-15-23(18,16-27)10-9-17-6-3-2-4-7-17;/h2-8,11-12,18,24H,9-10,13-16H2,1H3;1H. The van der Waals surface area contributed by atoms with Gasteiger partial charge in [0.2, 0.25) is 0 Å². The van der Waals surface area contributed by atoms with Gasteiger partial charge in [0.05, 0.1) is 4.88 Å². The fraction of sp³-hybridized carbons (Fsp3) is 0.391. The Kier molecular flexibility index (Phi) is 6.00. The molecule has 0 spiro atoms. The molecule has 5 rings (SSSR count). The summed E-state index contributed by atoms with van der Waals surface area (Å²) < 4.78 is 1.74. The first-order valence-electron chi connectivity index (χ1n) is 10.3. The number of hydrogen-bond acceptors (Lipinski definition) is 4. The average Bonchev–Trinajstić information content (AvgIpc) is 3.49. The van der Waals surface area contributed by atoms with Gasteiger partial charge in [-0.25, -0.2) is 0 Å². The fourth-order valence-electron chi connectivity index (χ4n) is 4.95. The summed E-state index contributed by atoms with van der Waals surface area (Å²) in [5.74, 6) is 0.636. The van der Waals surface area contributed by atoms with Crippen LogP contribution in [0.3, 0.4) is 0 Å². The van der Waals surface area contributed by atoms with Gasteiger partial charge in [-0.2, -0.15) is 5.10 Å². The van der Waals surface area contributed by atoms with Crippen LogP contribution in [0.15, 0.2) is 53.9 Å². The van der Waals surface area contributed by atoms with Gasteiger partial charge in [0.1, 0.15) is 11.4 Å². The molecular formula is C23H27ClN4OS. The molecule has 2 aromatic heterocycles. The number of fused-ring (bicyclic) bond motifs is 1. The van der Waals surface area contributed by atoms with Gasteiger partial charge in [-0.05, 0) is 41.8 Å². The van der Waals surface area contributed by atoms with E-state index in [4.69, 9.17) is 0 Å². The van der Waals surface area contributed by atoms with Gasteiger partial charge >= 0.3 is 0 Å². The summed E-state index contributed by atoms with van der Waals surface area (Å²) in [6, 6.07) is 16.7. The van der Waals surface area contributed by atoms with Crippen molar-refractivity contribution in [3.05, 3.63) is 65.2 Å². The van der Waals surface area contributed by atoms with Gasteiger partial charge in [-0.3, -0.25) is 9.48 Å². The molecule has 0 saturated carbocycles. The van der Waals surface area contributed by atoms with Gasteiger partial charge in [-0.15, -0.1) is 23.7 Å². The number of nitrogens with zero attached hydrogens (tertiary/aromatic N) is 3. The van der Waals surface area contributed by atoms with Crippen LogP contribution in [0.5, 0.6) is 0 Å². The Morgan fingerprint density at radius 2 is 2.10 bits per heavy atom. The van der Waals surface area contributed by atoms with Crippen LogP contribution in [0.1, 0.15) is 22.5 Å². The molecule has 30 heavy (non-hydrogen) atoms. The van der Waals surface area contributed by atoms with Crippen molar-refractivity contribution in [3.63, 3.8) is 0 Å². The first-order chi connectivity index (χ1) is 14.1. The number of likely N-dealkylation sites (tertiary alicyclic amines) is 1. The van der Waals surface area contributed by atoms with Crippen LogP contribution in [0.25, 0.3) is 10.6 Å². The number of rotatable bonds is 5. The molecule has 2 aliphatic heterocycles. The second kappa shape index (κ2) is 8.53. The molecule has 2 unspecified atom stereocenters. The van der Waals surface area contributed by atoms with Gasteiger partial charge in [0.15, 0.2) is 0 Å². The summed E-state index contributed by atoms with van der Waals surface area (Å²) in [6.45, 7) is 3.67. The molecule has 1 N–H and O–H groups in total. The highest BCUT2D eigenvalue weighted by Crippen LogP contribution is 2.43. The number of nitrogens with one attached hydrogen (secondary N) is 1. The summed E-state index contributed by atoms with van der Waals surface area (Å²) in [4.78, 5) is 16.5. The zero-order valence-electron chi connectivity index (χ0n) is 17.1. The Morgan fingerprint density at radius 3 is 2.87 bits per heavy atom. The lowest BCUT2D eigenvalue weighted by Crippen LogP contribution is -2.36. The van der Waals surface area contributed by atoms with Crippen molar-refractivity contribution < 1.29 is 4.79 Å². The summed E-state index contributed by atoms with van der Waals surface area (Å²) in [5.41, 5.74) is 3.12. The average molecular weight is 443 g/mol. The molecule has 2 atom stereocenters. The van der Waals surface area contributed by atoms with Gasteiger partial charge in [0.25, 0.3) is 5.91 Å². The quantitative estimate of drug-likeness (QED) is 0.652. The minimum atomic E-state index is 0. The highest BCUT2D eigenvalue weighted by Gasteiger charge is 2.50. The molecule has 0 radical (unpaired) electrons. The SMILES string of the molecule is Cl.Cn1nc(-c2cccs2)cc1C(=O)N1CC2CNCC2(CCc2ccccc2)C1. The third-order valence-electron chi connectivity index (χ3n) is 6.59. The number of carbonyl (C=O) groups is 1. The first-order valence-corrected chi connectivity index (χ1v) is 11.1. The minimum Gasteiger partial charge on any atom is -0.336 e. The van der Waals surface area contributed by atoms with Crippen molar-refractivity contribution >= 4 is 29.7 Å². The largest absolute Gasteiger partial charge is 0.336 e. The van der Waals surface area contributed by atoms with Crippen molar-refractivity contribution in [2.24, 2.45) is 18.4 Å². The number of hydrogen-bond donors (Lipinski definition) is 1. The van der Waals surface area contributed by atoms with E-state index in [-0.39, 0.29) is 23.7 Å². The number of aromatic nitrogens is 2. The summed E-state index contributed by atoms with van der Waals surface area (Å²) in [7, 11) is 1.87. The minimum absolute atomic E-state index is 0. The monoisotopic (exact) mass is 442 g/mol. The maximum absolute atomic E-state index is 13.3. The van der Waals surface area contributed by atoms with Crippen molar-refractivity contribution in [1.82, 2.24) is 20.0 Å². The van der Waals surface area contributed by atoms with Gasteiger partial charge < -0.3 is 10.2 Å². The maximum atomic E-state index is 13.3. The zero-order valence-corrected chi connectivity index (χ0v) is 18.7. The summed E-state index contributed by atoms with van der Waals surface area (Å²) in [6.07, 6.45) is 2.18.